The maximum Gasteiger partial charge on any atom is 0.00886 e. The van der Waals surface area contributed by atoms with Crippen LogP contribution < -0.4 is 0 Å². The fourth-order valence-electron chi connectivity index (χ4n) is 3.61. The molecule has 0 aliphatic heterocycles. The molecule has 0 aromatic heterocycles. The van der Waals surface area contributed by atoms with E-state index in [0.29, 0.717) is 0 Å². The van der Waals surface area contributed by atoms with Crippen LogP contribution in [0.5, 0.6) is 0 Å². The van der Waals surface area contributed by atoms with Crippen LogP contribution >= 0.6 is 0 Å². The van der Waals surface area contributed by atoms with Gasteiger partial charge in [0.1, 0.15) is 0 Å². The van der Waals surface area contributed by atoms with Crippen molar-refractivity contribution in [3.05, 3.63) is 13.8 Å². The van der Waals surface area contributed by atoms with Crippen molar-refractivity contribution in [2.75, 3.05) is 0 Å². The molecule has 0 heteroatoms. The van der Waals surface area contributed by atoms with Crippen molar-refractivity contribution in [1.82, 2.24) is 0 Å². The molecule has 0 atom stereocenters. The number of hydrogen-bond acceptors (Lipinski definition) is 0. The minimum atomic E-state index is 1.07. The van der Waals surface area contributed by atoms with Gasteiger partial charge in [-0.1, -0.05) is 136 Å². The van der Waals surface area contributed by atoms with Crippen LogP contribution in [0, 0.1) is 25.7 Å². The second-order valence-electron chi connectivity index (χ2n) is 8.28. The Bertz CT molecular complexity index is 306. The molecule has 0 unspecified atom stereocenters. The van der Waals surface area contributed by atoms with Gasteiger partial charge in [-0.2, -0.15) is 0 Å². The van der Waals surface area contributed by atoms with E-state index < -0.39 is 0 Å². The van der Waals surface area contributed by atoms with Crippen LogP contribution in [0.1, 0.15) is 148 Å². The zero-order valence-corrected chi connectivity index (χ0v) is 18.7. The molecule has 27 heavy (non-hydrogen) atoms. The van der Waals surface area contributed by atoms with Crippen LogP contribution in [-0.4, -0.2) is 0 Å². The van der Waals surface area contributed by atoms with Gasteiger partial charge in [-0.25, -0.2) is 0 Å². The topological polar surface area (TPSA) is 0 Å². The molecule has 0 saturated heterocycles. The lowest BCUT2D eigenvalue weighted by Gasteiger charge is -2.03. The van der Waals surface area contributed by atoms with Gasteiger partial charge in [-0.15, -0.1) is 11.8 Å². The van der Waals surface area contributed by atoms with Gasteiger partial charge in [0.05, 0.1) is 0 Å². The quantitative estimate of drug-likeness (QED) is 0.138. The van der Waals surface area contributed by atoms with Crippen LogP contribution in [0.2, 0.25) is 0 Å². The SMILES string of the molecule is [CH2]CCCCCC#CCCCCCCCCCCCCCCCCCC[CH2]. The molecule has 0 nitrogen and oxygen atoms in total. The Hall–Kier alpha value is -0.440. The molecular formula is C27H50. The Kier molecular flexibility index (Phi) is 25.1. The summed E-state index contributed by atoms with van der Waals surface area (Å²) in [7, 11) is 0. The second kappa shape index (κ2) is 25.6. The highest BCUT2D eigenvalue weighted by Crippen LogP contribution is 2.14. The first-order valence-electron chi connectivity index (χ1n) is 12.5. The summed E-state index contributed by atoms with van der Waals surface area (Å²) in [5.74, 6) is 6.67. The maximum atomic E-state index is 3.91. The molecule has 0 heterocycles. The Balaban J connectivity index is 3.04. The average molecular weight is 375 g/mol. The lowest BCUT2D eigenvalue weighted by molar-refractivity contribution is 0.529. The molecule has 0 aromatic carbocycles. The van der Waals surface area contributed by atoms with E-state index in [9.17, 15) is 0 Å². The van der Waals surface area contributed by atoms with Crippen molar-refractivity contribution in [1.29, 1.82) is 0 Å². The van der Waals surface area contributed by atoms with Crippen LogP contribution in [0.4, 0.5) is 0 Å². The summed E-state index contributed by atoms with van der Waals surface area (Å²) in [5, 5.41) is 0. The molecule has 0 bridgehead atoms. The van der Waals surface area contributed by atoms with Gasteiger partial charge >= 0.3 is 0 Å². The third-order valence-electron chi connectivity index (χ3n) is 5.48. The van der Waals surface area contributed by atoms with Crippen molar-refractivity contribution < 1.29 is 0 Å². The van der Waals surface area contributed by atoms with Gasteiger partial charge in [-0.05, 0) is 12.8 Å². The van der Waals surface area contributed by atoms with Gasteiger partial charge < -0.3 is 0 Å². The molecule has 2 radical (unpaired) electrons. The van der Waals surface area contributed by atoms with E-state index in [4.69, 9.17) is 0 Å². The van der Waals surface area contributed by atoms with Crippen molar-refractivity contribution in [2.24, 2.45) is 0 Å². The number of rotatable bonds is 21. The van der Waals surface area contributed by atoms with Crippen LogP contribution in [0.25, 0.3) is 0 Å². The molecule has 0 aromatic rings. The Morgan fingerprint density at radius 2 is 0.519 bits per heavy atom. The first kappa shape index (κ1) is 26.6. The lowest BCUT2D eigenvalue weighted by Crippen LogP contribution is -1.83. The lowest BCUT2D eigenvalue weighted by atomic mass is 10.0. The Morgan fingerprint density at radius 3 is 0.815 bits per heavy atom. The second-order valence-corrected chi connectivity index (χ2v) is 8.28. The molecular weight excluding hydrogens is 324 g/mol. The van der Waals surface area contributed by atoms with E-state index in [1.165, 1.54) is 122 Å². The molecule has 0 N–H and O–H groups in total. The summed E-state index contributed by atoms with van der Waals surface area (Å²) in [6.07, 6.45) is 31.0. The van der Waals surface area contributed by atoms with Crippen LogP contribution in [-0.2, 0) is 0 Å². The molecule has 0 spiro atoms. The minimum Gasteiger partial charge on any atom is -0.103 e. The fraction of sp³-hybridized carbons (Fsp3) is 0.852. The summed E-state index contributed by atoms with van der Waals surface area (Å²) in [6.45, 7) is 7.78. The van der Waals surface area contributed by atoms with Crippen molar-refractivity contribution in [3.8, 4) is 11.8 Å². The van der Waals surface area contributed by atoms with E-state index in [-0.39, 0.29) is 0 Å². The van der Waals surface area contributed by atoms with E-state index in [1.807, 2.05) is 0 Å². The van der Waals surface area contributed by atoms with E-state index >= 15 is 0 Å². The molecule has 0 aliphatic rings. The van der Waals surface area contributed by atoms with Gasteiger partial charge in [0, 0.05) is 12.8 Å². The predicted octanol–water partition coefficient (Wildman–Crippen LogP) is 9.63. The molecule has 0 saturated carbocycles. The normalized spacial score (nSPS) is 10.7. The molecule has 0 amide bonds. The highest BCUT2D eigenvalue weighted by molar-refractivity contribution is 4.98. The Morgan fingerprint density at radius 1 is 0.296 bits per heavy atom. The standard InChI is InChI=1S/C27H50/c1-3-5-7-9-11-13-15-17-19-21-23-25-27-26-24-22-20-18-16-14-12-10-8-6-4-2/h1-13,15,17-27H2. The van der Waals surface area contributed by atoms with Gasteiger partial charge in [0.15, 0.2) is 0 Å². The monoisotopic (exact) mass is 374 g/mol. The van der Waals surface area contributed by atoms with E-state index in [0.717, 1.165) is 25.7 Å². The summed E-state index contributed by atoms with van der Waals surface area (Å²) < 4.78 is 0. The summed E-state index contributed by atoms with van der Waals surface area (Å²) in [5.41, 5.74) is 0. The van der Waals surface area contributed by atoms with E-state index in [1.54, 1.807) is 0 Å². The van der Waals surface area contributed by atoms with Gasteiger partial charge in [-0.3, -0.25) is 0 Å². The molecule has 0 fully saturated rings. The van der Waals surface area contributed by atoms with Crippen molar-refractivity contribution in [2.45, 2.75) is 148 Å². The van der Waals surface area contributed by atoms with Crippen molar-refractivity contribution in [3.63, 3.8) is 0 Å². The van der Waals surface area contributed by atoms with Crippen molar-refractivity contribution >= 4 is 0 Å². The Labute approximate surface area is 173 Å². The first-order valence-corrected chi connectivity index (χ1v) is 12.5. The maximum absolute atomic E-state index is 3.91. The van der Waals surface area contributed by atoms with Crippen LogP contribution in [0.15, 0.2) is 0 Å². The fourth-order valence-corrected chi connectivity index (χ4v) is 3.61. The third kappa shape index (κ3) is 25.6. The molecule has 0 aliphatic carbocycles. The predicted molar refractivity (Wildman–Crippen MR) is 125 cm³/mol. The molecule has 158 valence electrons. The summed E-state index contributed by atoms with van der Waals surface area (Å²) >= 11 is 0. The first-order chi connectivity index (χ1) is 13.4. The van der Waals surface area contributed by atoms with Crippen LogP contribution in [0.3, 0.4) is 0 Å². The highest BCUT2D eigenvalue weighted by Gasteiger charge is 1.94. The number of hydrogen-bond donors (Lipinski definition) is 0. The van der Waals surface area contributed by atoms with Gasteiger partial charge in [0.2, 0.25) is 0 Å². The largest absolute Gasteiger partial charge is 0.103 e. The van der Waals surface area contributed by atoms with Gasteiger partial charge in [0.25, 0.3) is 0 Å². The zero-order valence-electron chi connectivity index (χ0n) is 18.7. The zero-order chi connectivity index (χ0) is 19.7. The highest BCUT2D eigenvalue weighted by atomic mass is 14.0. The summed E-state index contributed by atoms with van der Waals surface area (Å²) in [6, 6.07) is 0. The number of unbranched alkanes of at least 4 members (excludes halogenated alkanes) is 21. The average Bonchev–Trinajstić information content (AvgIpc) is 2.68. The smallest absolute Gasteiger partial charge is 0.00886 e. The summed E-state index contributed by atoms with van der Waals surface area (Å²) in [4.78, 5) is 0. The van der Waals surface area contributed by atoms with E-state index in [2.05, 4.69) is 25.7 Å². The minimum absolute atomic E-state index is 1.07. The molecule has 0 rings (SSSR count). The third-order valence-corrected chi connectivity index (χ3v) is 5.48.